The summed E-state index contributed by atoms with van der Waals surface area (Å²) < 4.78 is 6.76. The predicted molar refractivity (Wildman–Crippen MR) is 74.4 cm³/mol. The van der Waals surface area contributed by atoms with Gasteiger partial charge in [-0.25, -0.2) is 0 Å². The maximum Gasteiger partial charge on any atom is 0.247 e. The average molecular weight is 343 g/mol. The van der Waals surface area contributed by atoms with E-state index in [1.807, 2.05) is 24.3 Å². The highest BCUT2D eigenvalue weighted by atomic mass is 127. The van der Waals surface area contributed by atoms with Crippen LogP contribution in [0.5, 0.6) is 0 Å². The summed E-state index contributed by atoms with van der Waals surface area (Å²) in [5, 5.41) is 11.3. The molecule has 4 nitrogen and oxygen atoms in total. The summed E-state index contributed by atoms with van der Waals surface area (Å²) in [6.45, 7) is 4.77. The highest BCUT2D eigenvalue weighted by Gasteiger charge is 2.08. The topological polar surface area (TPSA) is 51.0 Å². The van der Waals surface area contributed by atoms with Crippen molar-refractivity contribution in [1.29, 1.82) is 0 Å². The van der Waals surface area contributed by atoms with Crippen molar-refractivity contribution < 1.29 is 4.42 Å². The predicted octanol–water partition coefficient (Wildman–Crippen LogP) is 2.84. The second-order valence-electron chi connectivity index (χ2n) is 4.04. The maximum absolute atomic E-state index is 5.57. The number of benzene rings is 1. The van der Waals surface area contributed by atoms with E-state index in [0.717, 1.165) is 5.56 Å². The van der Waals surface area contributed by atoms with Crippen molar-refractivity contribution in [3.63, 3.8) is 0 Å². The van der Waals surface area contributed by atoms with Crippen molar-refractivity contribution in [3.05, 3.63) is 33.7 Å². The molecule has 0 aliphatic heterocycles. The summed E-state index contributed by atoms with van der Waals surface area (Å²) in [6, 6.07) is 8.41. The molecule has 90 valence electrons. The molecule has 0 unspecified atom stereocenters. The third-order valence-electron chi connectivity index (χ3n) is 2.22. The molecule has 0 saturated carbocycles. The van der Waals surface area contributed by atoms with Crippen LogP contribution in [0.25, 0.3) is 11.5 Å². The molecule has 1 heterocycles. The average Bonchev–Trinajstić information content (AvgIpc) is 2.76. The van der Waals surface area contributed by atoms with E-state index in [-0.39, 0.29) is 0 Å². The van der Waals surface area contributed by atoms with E-state index in [4.69, 9.17) is 4.42 Å². The van der Waals surface area contributed by atoms with Gasteiger partial charge in [0, 0.05) is 15.2 Å². The third kappa shape index (κ3) is 3.50. The lowest BCUT2D eigenvalue weighted by Gasteiger charge is -2.03. The van der Waals surface area contributed by atoms with Crippen LogP contribution < -0.4 is 5.32 Å². The molecule has 1 aromatic heterocycles. The zero-order chi connectivity index (χ0) is 12.3. The van der Waals surface area contributed by atoms with Gasteiger partial charge in [0.15, 0.2) is 0 Å². The standard InChI is InChI=1S/C12H14IN3O/c1-8(2)14-7-11-15-16-12(17-11)9-3-5-10(13)6-4-9/h3-6,8,14H,7H2,1-2H3. The van der Waals surface area contributed by atoms with E-state index in [2.05, 4.69) is 52.0 Å². The largest absolute Gasteiger partial charge is 0.419 e. The number of nitrogens with zero attached hydrogens (tertiary/aromatic N) is 2. The minimum Gasteiger partial charge on any atom is -0.419 e. The molecular formula is C12H14IN3O. The van der Waals surface area contributed by atoms with Gasteiger partial charge in [-0.1, -0.05) is 13.8 Å². The number of nitrogens with one attached hydrogen (secondary N) is 1. The van der Waals surface area contributed by atoms with Gasteiger partial charge in [-0.3, -0.25) is 0 Å². The Morgan fingerprint density at radius 1 is 1.24 bits per heavy atom. The van der Waals surface area contributed by atoms with Gasteiger partial charge in [0.25, 0.3) is 0 Å². The fourth-order valence-corrected chi connectivity index (χ4v) is 1.69. The Morgan fingerprint density at radius 2 is 1.94 bits per heavy atom. The molecule has 0 aliphatic rings. The Labute approximate surface area is 114 Å². The van der Waals surface area contributed by atoms with E-state index >= 15 is 0 Å². The van der Waals surface area contributed by atoms with Crippen LogP contribution in [0.4, 0.5) is 0 Å². The van der Waals surface area contributed by atoms with Gasteiger partial charge in [0.1, 0.15) is 0 Å². The summed E-state index contributed by atoms with van der Waals surface area (Å²) in [5.41, 5.74) is 0.953. The number of halogens is 1. The maximum atomic E-state index is 5.57. The minimum atomic E-state index is 0.406. The molecule has 5 heteroatoms. The Kier molecular flexibility index (Phi) is 4.11. The van der Waals surface area contributed by atoms with Gasteiger partial charge >= 0.3 is 0 Å². The Balaban J connectivity index is 2.10. The molecule has 2 aromatic rings. The van der Waals surface area contributed by atoms with E-state index in [0.29, 0.717) is 24.4 Å². The first-order valence-electron chi connectivity index (χ1n) is 5.47. The van der Waals surface area contributed by atoms with E-state index in [1.165, 1.54) is 3.57 Å². The van der Waals surface area contributed by atoms with Crippen molar-refractivity contribution in [1.82, 2.24) is 15.5 Å². The smallest absolute Gasteiger partial charge is 0.247 e. The minimum absolute atomic E-state index is 0.406. The van der Waals surface area contributed by atoms with Crippen LogP contribution in [0.1, 0.15) is 19.7 Å². The van der Waals surface area contributed by atoms with Crippen LogP contribution in [-0.2, 0) is 6.54 Å². The van der Waals surface area contributed by atoms with Crippen LogP contribution in [0.2, 0.25) is 0 Å². The lowest BCUT2D eigenvalue weighted by molar-refractivity contribution is 0.459. The van der Waals surface area contributed by atoms with Crippen molar-refractivity contribution in [2.75, 3.05) is 0 Å². The molecule has 0 bridgehead atoms. The van der Waals surface area contributed by atoms with Crippen LogP contribution >= 0.6 is 22.6 Å². The summed E-state index contributed by atoms with van der Waals surface area (Å²) in [5.74, 6) is 1.19. The van der Waals surface area contributed by atoms with Crippen molar-refractivity contribution in [2.45, 2.75) is 26.4 Å². The van der Waals surface area contributed by atoms with Gasteiger partial charge in [-0.05, 0) is 46.9 Å². The third-order valence-corrected chi connectivity index (χ3v) is 2.94. The Bertz CT molecular complexity index is 479. The highest BCUT2D eigenvalue weighted by molar-refractivity contribution is 14.1. The summed E-state index contributed by atoms with van der Waals surface area (Å²) >= 11 is 2.26. The molecule has 0 saturated heterocycles. The van der Waals surface area contributed by atoms with E-state index in [9.17, 15) is 0 Å². The molecule has 0 fully saturated rings. The van der Waals surface area contributed by atoms with E-state index < -0.39 is 0 Å². The molecule has 0 amide bonds. The molecular weight excluding hydrogens is 329 g/mol. The quantitative estimate of drug-likeness (QED) is 0.868. The highest BCUT2D eigenvalue weighted by Crippen LogP contribution is 2.18. The van der Waals surface area contributed by atoms with Crippen LogP contribution in [0.3, 0.4) is 0 Å². The molecule has 1 aromatic carbocycles. The Morgan fingerprint density at radius 3 is 2.59 bits per heavy atom. The van der Waals surface area contributed by atoms with Gasteiger partial charge in [0.2, 0.25) is 11.8 Å². The number of hydrogen-bond donors (Lipinski definition) is 1. The summed E-state index contributed by atoms with van der Waals surface area (Å²) in [4.78, 5) is 0. The molecule has 0 atom stereocenters. The van der Waals surface area contributed by atoms with Crippen molar-refractivity contribution in [3.8, 4) is 11.5 Å². The van der Waals surface area contributed by atoms with Gasteiger partial charge in [0.05, 0.1) is 6.54 Å². The van der Waals surface area contributed by atoms with Crippen molar-refractivity contribution in [2.24, 2.45) is 0 Å². The second-order valence-corrected chi connectivity index (χ2v) is 5.29. The molecule has 17 heavy (non-hydrogen) atoms. The monoisotopic (exact) mass is 343 g/mol. The van der Waals surface area contributed by atoms with Crippen LogP contribution in [0.15, 0.2) is 28.7 Å². The lowest BCUT2D eigenvalue weighted by Crippen LogP contribution is -2.21. The van der Waals surface area contributed by atoms with Crippen LogP contribution in [-0.4, -0.2) is 16.2 Å². The first kappa shape index (κ1) is 12.5. The lowest BCUT2D eigenvalue weighted by atomic mass is 10.2. The fraction of sp³-hybridized carbons (Fsp3) is 0.333. The zero-order valence-electron chi connectivity index (χ0n) is 9.77. The first-order chi connectivity index (χ1) is 8.15. The summed E-state index contributed by atoms with van der Waals surface area (Å²) in [6.07, 6.45) is 0. The zero-order valence-corrected chi connectivity index (χ0v) is 11.9. The molecule has 0 radical (unpaired) electrons. The number of aromatic nitrogens is 2. The van der Waals surface area contributed by atoms with Gasteiger partial charge in [-0.2, -0.15) is 0 Å². The van der Waals surface area contributed by atoms with Crippen molar-refractivity contribution >= 4 is 22.6 Å². The normalized spacial score (nSPS) is 11.1. The number of hydrogen-bond acceptors (Lipinski definition) is 4. The molecule has 0 aliphatic carbocycles. The van der Waals surface area contributed by atoms with Gasteiger partial charge in [-0.15, -0.1) is 10.2 Å². The molecule has 0 spiro atoms. The molecule has 2 rings (SSSR count). The fourth-order valence-electron chi connectivity index (χ4n) is 1.33. The second kappa shape index (κ2) is 5.59. The number of rotatable bonds is 4. The first-order valence-corrected chi connectivity index (χ1v) is 6.55. The van der Waals surface area contributed by atoms with E-state index in [1.54, 1.807) is 0 Å². The Hall–Kier alpha value is -0.950. The van der Waals surface area contributed by atoms with Gasteiger partial charge < -0.3 is 9.73 Å². The van der Waals surface area contributed by atoms with Crippen LogP contribution in [0, 0.1) is 3.57 Å². The molecule has 1 N–H and O–H groups in total. The summed E-state index contributed by atoms with van der Waals surface area (Å²) in [7, 11) is 0. The SMILES string of the molecule is CC(C)NCc1nnc(-c2ccc(I)cc2)o1.